The van der Waals surface area contributed by atoms with Crippen LogP contribution in [0.3, 0.4) is 0 Å². The number of thioether (sulfide) groups is 1. The molecule has 0 radical (unpaired) electrons. The van der Waals surface area contributed by atoms with Crippen molar-refractivity contribution in [3.05, 3.63) is 54.4 Å². The van der Waals surface area contributed by atoms with Crippen molar-refractivity contribution >= 4 is 23.4 Å². The molecule has 3 N–H and O–H groups in total. The molecule has 0 bridgehead atoms. The number of carbonyl (C=O) groups excluding carboxylic acids is 1. The van der Waals surface area contributed by atoms with Crippen LogP contribution in [0.1, 0.15) is 24.8 Å². The standard InChI is InChI=1S/C19H23N3OS/c20-11-15-4-1-5-18(15)19(23)22-16-6-8-17(9-7-16)24-13-14-3-2-10-21-12-14/h2-3,6-10,12,15,18H,1,4-5,11,13,20H2,(H,22,23)/t15-,18-/m1/s1. The van der Waals surface area contributed by atoms with Crippen LogP contribution in [0.4, 0.5) is 5.69 Å². The lowest BCUT2D eigenvalue weighted by molar-refractivity contribution is -0.120. The Morgan fingerprint density at radius 3 is 2.79 bits per heavy atom. The van der Waals surface area contributed by atoms with E-state index in [0.717, 1.165) is 30.7 Å². The van der Waals surface area contributed by atoms with Crippen molar-refractivity contribution in [2.24, 2.45) is 17.6 Å². The SMILES string of the molecule is NC[C@H]1CCC[C@H]1C(=O)Nc1ccc(SCc2cccnc2)cc1. The number of benzene rings is 1. The van der Waals surface area contributed by atoms with E-state index in [1.165, 1.54) is 10.5 Å². The predicted octanol–water partition coefficient (Wildman–Crippen LogP) is 3.69. The second-order valence-corrected chi connectivity index (χ2v) is 7.25. The molecule has 1 saturated carbocycles. The summed E-state index contributed by atoms with van der Waals surface area (Å²) >= 11 is 1.76. The summed E-state index contributed by atoms with van der Waals surface area (Å²) in [6.45, 7) is 0.599. The summed E-state index contributed by atoms with van der Waals surface area (Å²) < 4.78 is 0. The maximum atomic E-state index is 12.4. The van der Waals surface area contributed by atoms with Crippen molar-refractivity contribution in [2.45, 2.75) is 29.9 Å². The second kappa shape index (κ2) is 8.31. The van der Waals surface area contributed by atoms with Gasteiger partial charge in [0.15, 0.2) is 0 Å². The topological polar surface area (TPSA) is 68.0 Å². The third-order valence-electron chi connectivity index (χ3n) is 4.55. The van der Waals surface area contributed by atoms with Gasteiger partial charge in [0.1, 0.15) is 0 Å². The average molecular weight is 341 g/mol. The summed E-state index contributed by atoms with van der Waals surface area (Å²) in [4.78, 5) is 17.7. The molecule has 0 saturated heterocycles. The normalized spacial score (nSPS) is 20.0. The number of nitrogens with zero attached hydrogens (tertiary/aromatic N) is 1. The summed E-state index contributed by atoms with van der Waals surface area (Å²) in [5.41, 5.74) is 7.83. The molecule has 2 atom stereocenters. The van der Waals surface area contributed by atoms with Gasteiger partial charge < -0.3 is 11.1 Å². The molecule has 1 aliphatic rings. The number of rotatable bonds is 6. The molecule has 1 aromatic heterocycles. The molecule has 1 amide bonds. The lowest BCUT2D eigenvalue weighted by Crippen LogP contribution is -2.29. The summed E-state index contributed by atoms with van der Waals surface area (Å²) in [6.07, 6.45) is 6.79. The van der Waals surface area contributed by atoms with E-state index in [2.05, 4.69) is 16.4 Å². The van der Waals surface area contributed by atoms with Crippen molar-refractivity contribution in [2.75, 3.05) is 11.9 Å². The molecule has 5 heteroatoms. The highest BCUT2D eigenvalue weighted by Gasteiger charge is 2.31. The van der Waals surface area contributed by atoms with Crippen LogP contribution in [0.5, 0.6) is 0 Å². The van der Waals surface area contributed by atoms with Gasteiger partial charge in [-0.15, -0.1) is 11.8 Å². The number of pyridine rings is 1. The fourth-order valence-electron chi connectivity index (χ4n) is 3.18. The fraction of sp³-hybridized carbons (Fsp3) is 0.368. The summed E-state index contributed by atoms with van der Waals surface area (Å²) in [6, 6.07) is 12.1. The van der Waals surface area contributed by atoms with Crippen LogP contribution in [0, 0.1) is 11.8 Å². The fourth-order valence-corrected chi connectivity index (χ4v) is 4.02. The Morgan fingerprint density at radius 1 is 1.25 bits per heavy atom. The smallest absolute Gasteiger partial charge is 0.227 e. The lowest BCUT2D eigenvalue weighted by atomic mass is 9.95. The van der Waals surface area contributed by atoms with Gasteiger partial charge in [-0.2, -0.15) is 0 Å². The van der Waals surface area contributed by atoms with E-state index in [9.17, 15) is 4.79 Å². The molecular formula is C19H23N3OS. The van der Waals surface area contributed by atoms with Gasteiger partial charge in [-0.25, -0.2) is 0 Å². The summed E-state index contributed by atoms with van der Waals surface area (Å²) in [7, 11) is 0. The predicted molar refractivity (Wildman–Crippen MR) is 98.8 cm³/mol. The van der Waals surface area contributed by atoms with Crippen LogP contribution in [0.25, 0.3) is 0 Å². The molecule has 1 heterocycles. The number of aromatic nitrogens is 1. The largest absolute Gasteiger partial charge is 0.330 e. The highest BCUT2D eigenvalue weighted by atomic mass is 32.2. The van der Waals surface area contributed by atoms with Crippen molar-refractivity contribution in [3.8, 4) is 0 Å². The van der Waals surface area contributed by atoms with Crippen LogP contribution in [-0.2, 0) is 10.5 Å². The van der Waals surface area contributed by atoms with E-state index in [1.54, 1.807) is 18.0 Å². The maximum absolute atomic E-state index is 12.4. The van der Waals surface area contributed by atoms with Crippen molar-refractivity contribution < 1.29 is 4.79 Å². The molecule has 1 fully saturated rings. The van der Waals surface area contributed by atoms with E-state index in [4.69, 9.17) is 5.73 Å². The minimum Gasteiger partial charge on any atom is -0.330 e. The first-order valence-electron chi connectivity index (χ1n) is 8.39. The first-order valence-corrected chi connectivity index (χ1v) is 9.37. The van der Waals surface area contributed by atoms with Gasteiger partial charge in [-0.1, -0.05) is 12.5 Å². The number of nitrogens with one attached hydrogen (secondary N) is 1. The first-order chi connectivity index (χ1) is 11.8. The third kappa shape index (κ3) is 4.36. The Balaban J connectivity index is 1.53. The van der Waals surface area contributed by atoms with Gasteiger partial charge in [0.05, 0.1) is 0 Å². The van der Waals surface area contributed by atoms with Gasteiger partial charge in [-0.3, -0.25) is 9.78 Å². The van der Waals surface area contributed by atoms with Crippen molar-refractivity contribution in [1.82, 2.24) is 4.98 Å². The molecule has 4 nitrogen and oxygen atoms in total. The molecular weight excluding hydrogens is 318 g/mol. The zero-order chi connectivity index (χ0) is 16.8. The second-order valence-electron chi connectivity index (χ2n) is 6.20. The highest BCUT2D eigenvalue weighted by Crippen LogP contribution is 2.32. The van der Waals surface area contributed by atoms with Crippen LogP contribution in [0.2, 0.25) is 0 Å². The molecule has 24 heavy (non-hydrogen) atoms. The molecule has 1 aromatic carbocycles. The maximum Gasteiger partial charge on any atom is 0.227 e. The Bertz CT molecular complexity index is 660. The van der Waals surface area contributed by atoms with Crippen LogP contribution in [-0.4, -0.2) is 17.4 Å². The van der Waals surface area contributed by atoms with Gasteiger partial charge in [0.2, 0.25) is 5.91 Å². The van der Waals surface area contributed by atoms with E-state index in [-0.39, 0.29) is 11.8 Å². The van der Waals surface area contributed by atoms with Crippen LogP contribution >= 0.6 is 11.8 Å². The van der Waals surface area contributed by atoms with Crippen molar-refractivity contribution in [3.63, 3.8) is 0 Å². The quantitative estimate of drug-likeness (QED) is 0.786. The van der Waals surface area contributed by atoms with Gasteiger partial charge >= 0.3 is 0 Å². The summed E-state index contributed by atoms with van der Waals surface area (Å²) in [5.74, 6) is 1.40. The number of anilines is 1. The molecule has 1 aliphatic carbocycles. The third-order valence-corrected chi connectivity index (χ3v) is 5.63. The van der Waals surface area contributed by atoms with Crippen LogP contribution in [0.15, 0.2) is 53.7 Å². The number of amides is 1. The number of carbonyl (C=O) groups is 1. The summed E-state index contributed by atoms with van der Waals surface area (Å²) in [5, 5.41) is 3.04. The zero-order valence-electron chi connectivity index (χ0n) is 13.7. The average Bonchev–Trinajstić information content (AvgIpc) is 3.11. The monoisotopic (exact) mass is 341 g/mol. The molecule has 0 aliphatic heterocycles. The molecule has 0 unspecified atom stereocenters. The number of hydrogen-bond donors (Lipinski definition) is 2. The lowest BCUT2D eigenvalue weighted by Gasteiger charge is -2.17. The van der Waals surface area contributed by atoms with Gasteiger partial charge in [0.25, 0.3) is 0 Å². The van der Waals surface area contributed by atoms with E-state index >= 15 is 0 Å². The number of hydrogen-bond acceptors (Lipinski definition) is 4. The van der Waals surface area contributed by atoms with Crippen molar-refractivity contribution in [1.29, 1.82) is 0 Å². The highest BCUT2D eigenvalue weighted by molar-refractivity contribution is 7.98. The minimum atomic E-state index is 0.0645. The van der Waals surface area contributed by atoms with Crippen LogP contribution < -0.4 is 11.1 Å². The zero-order valence-corrected chi connectivity index (χ0v) is 14.5. The Morgan fingerprint density at radius 2 is 2.08 bits per heavy atom. The molecule has 2 aromatic rings. The molecule has 0 spiro atoms. The Labute approximate surface area is 147 Å². The Hall–Kier alpha value is -1.85. The first kappa shape index (κ1) is 17.0. The van der Waals surface area contributed by atoms with Gasteiger partial charge in [0, 0.05) is 34.6 Å². The number of nitrogens with two attached hydrogens (primary N) is 1. The van der Waals surface area contributed by atoms with E-state index in [0.29, 0.717) is 12.5 Å². The van der Waals surface area contributed by atoms with E-state index < -0.39 is 0 Å². The molecule has 126 valence electrons. The Kier molecular flexibility index (Phi) is 5.88. The minimum absolute atomic E-state index is 0.0645. The van der Waals surface area contributed by atoms with Gasteiger partial charge in [-0.05, 0) is 61.2 Å². The molecule has 3 rings (SSSR count). The van der Waals surface area contributed by atoms with E-state index in [1.807, 2.05) is 36.5 Å².